The fourth-order valence-electron chi connectivity index (χ4n) is 1.65. The van der Waals surface area contributed by atoms with Crippen LogP contribution in [0, 0.1) is 11.3 Å². The van der Waals surface area contributed by atoms with Crippen LogP contribution in [0.5, 0.6) is 0 Å². The quantitative estimate of drug-likeness (QED) is 0.849. The second-order valence-electron chi connectivity index (χ2n) is 5.10. The topological polar surface area (TPSA) is 46.2 Å². The van der Waals surface area contributed by atoms with Crippen molar-refractivity contribution in [3.63, 3.8) is 0 Å². The lowest BCUT2D eigenvalue weighted by Crippen LogP contribution is -2.40. The van der Waals surface area contributed by atoms with Crippen LogP contribution >= 0.6 is 11.6 Å². The second-order valence-corrected chi connectivity index (χ2v) is 5.54. The van der Waals surface area contributed by atoms with Crippen LogP contribution in [0.4, 0.5) is 5.69 Å². The lowest BCUT2D eigenvalue weighted by molar-refractivity contribution is -0.139. The number of halogens is 1. The highest BCUT2D eigenvalue weighted by atomic mass is 35.5. The van der Waals surface area contributed by atoms with Crippen molar-refractivity contribution in [1.29, 1.82) is 0 Å². The highest BCUT2D eigenvalue weighted by Gasteiger charge is 2.37. The fourth-order valence-corrected chi connectivity index (χ4v) is 1.78. The summed E-state index contributed by atoms with van der Waals surface area (Å²) in [6, 6.07) is 6.79. The Morgan fingerprint density at radius 1 is 1.17 bits per heavy atom. The number of nitrogens with one attached hydrogen (secondary N) is 1. The van der Waals surface area contributed by atoms with Gasteiger partial charge in [-0.2, -0.15) is 0 Å². The first-order valence-corrected chi connectivity index (χ1v) is 6.24. The van der Waals surface area contributed by atoms with Crippen LogP contribution < -0.4 is 5.32 Å². The van der Waals surface area contributed by atoms with E-state index < -0.39 is 5.41 Å². The number of carbonyl (C=O) groups excluding carboxylic acids is 2. The van der Waals surface area contributed by atoms with Gasteiger partial charge < -0.3 is 5.32 Å². The molecule has 0 spiro atoms. The van der Waals surface area contributed by atoms with Crippen molar-refractivity contribution in [3.05, 3.63) is 29.3 Å². The molecule has 1 rings (SSSR count). The smallest absolute Gasteiger partial charge is 0.237 e. The summed E-state index contributed by atoms with van der Waals surface area (Å²) < 4.78 is 0. The van der Waals surface area contributed by atoms with E-state index >= 15 is 0 Å². The Balaban J connectivity index is 2.82. The molecule has 0 heterocycles. The van der Waals surface area contributed by atoms with E-state index in [9.17, 15) is 9.59 Å². The Morgan fingerprint density at radius 3 is 2.11 bits per heavy atom. The van der Waals surface area contributed by atoms with Gasteiger partial charge in [0.15, 0.2) is 0 Å². The van der Waals surface area contributed by atoms with E-state index in [-0.39, 0.29) is 17.6 Å². The molecule has 1 amide bonds. The third-order valence-electron chi connectivity index (χ3n) is 2.81. The first kappa shape index (κ1) is 14.7. The van der Waals surface area contributed by atoms with E-state index in [2.05, 4.69) is 5.32 Å². The molecule has 1 aromatic carbocycles. The molecule has 0 aliphatic heterocycles. The molecule has 0 fully saturated rings. The zero-order valence-corrected chi connectivity index (χ0v) is 11.8. The fraction of sp³-hybridized carbons (Fsp3) is 0.429. The monoisotopic (exact) mass is 267 g/mol. The van der Waals surface area contributed by atoms with Gasteiger partial charge in [0.1, 0.15) is 11.2 Å². The molecule has 0 saturated heterocycles. The molecular weight excluding hydrogens is 250 g/mol. The molecule has 0 bridgehead atoms. The Labute approximate surface area is 113 Å². The van der Waals surface area contributed by atoms with Crippen molar-refractivity contribution >= 4 is 29.0 Å². The Hall–Kier alpha value is -1.35. The number of hydrogen-bond acceptors (Lipinski definition) is 2. The summed E-state index contributed by atoms with van der Waals surface area (Å²) in [6.07, 6.45) is 0. The molecule has 0 aromatic heterocycles. The highest BCUT2D eigenvalue weighted by Crippen LogP contribution is 2.24. The maximum atomic E-state index is 12.1. The number of hydrogen-bond donors (Lipinski definition) is 1. The number of Topliss-reactive ketones (excluding diaryl/α,β-unsaturated/α-hetero) is 1. The summed E-state index contributed by atoms with van der Waals surface area (Å²) in [5.41, 5.74) is -0.401. The highest BCUT2D eigenvalue weighted by molar-refractivity contribution is 6.30. The lowest BCUT2D eigenvalue weighted by atomic mass is 9.81. The molecule has 18 heavy (non-hydrogen) atoms. The number of amides is 1. The molecule has 0 atom stereocenters. The van der Waals surface area contributed by atoms with Gasteiger partial charge in [-0.05, 0) is 38.1 Å². The molecule has 0 unspecified atom stereocenters. The summed E-state index contributed by atoms with van der Waals surface area (Å²) in [6.45, 7) is 6.86. The normalized spacial score (nSPS) is 11.4. The Morgan fingerprint density at radius 2 is 1.67 bits per heavy atom. The molecule has 98 valence electrons. The molecule has 4 heteroatoms. The number of ketones is 1. The van der Waals surface area contributed by atoms with Crippen LogP contribution in [-0.2, 0) is 9.59 Å². The van der Waals surface area contributed by atoms with Crippen LogP contribution in [0.3, 0.4) is 0 Å². The van der Waals surface area contributed by atoms with Crippen molar-refractivity contribution in [2.45, 2.75) is 27.7 Å². The third-order valence-corrected chi connectivity index (χ3v) is 3.06. The SMILES string of the molecule is CC(C)C(=O)C(C)(C)C(=O)Nc1ccc(Cl)cc1. The van der Waals surface area contributed by atoms with Crippen LogP contribution in [0.1, 0.15) is 27.7 Å². The molecular formula is C14H18ClNO2. The first-order chi connectivity index (χ1) is 8.25. The van der Waals surface area contributed by atoms with Gasteiger partial charge in [-0.3, -0.25) is 9.59 Å². The van der Waals surface area contributed by atoms with Crippen LogP contribution in [0.25, 0.3) is 0 Å². The molecule has 1 N–H and O–H groups in total. The predicted octanol–water partition coefficient (Wildman–Crippen LogP) is 3.53. The van der Waals surface area contributed by atoms with Gasteiger partial charge >= 0.3 is 0 Å². The van der Waals surface area contributed by atoms with Gasteiger partial charge in [0, 0.05) is 16.6 Å². The minimum absolute atomic E-state index is 0.0750. The molecule has 0 aliphatic rings. The van der Waals surface area contributed by atoms with Crippen molar-refractivity contribution in [2.24, 2.45) is 11.3 Å². The zero-order chi connectivity index (χ0) is 13.9. The van der Waals surface area contributed by atoms with E-state index in [4.69, 9.17) is 11.6 Å². The van der Waals surface area contributed by atoms with E-state index in [1.165, 1.54) is 0 Å². The first-order valence-electron chi connectivity index (χ1n) is 5.86. The summed E-state index contributed by atoms with van der Waals surface area (Å²) in [7, 11) is 0. The van der Waals surface area contributed by atoms with Crippen LogP contribution in [0.2, 0.25) is 5.02 Å². The average molecular weight is 268 g/mol. The van der Waals surface area contributed by atoms with Gasteiger partial charge in [-0.25, -0.2) is 0 Å². The average Bonchev–Trinajstić information content (AvgIpc) is 2.30. The second kappa shape index (κ2) is 5.53. The molecule has 0 saturated carbocycles. The van der Waals surface area contributed by atoms with Crippen molar-refractivity contribution in [1.82, 2.24) is 0 Å². The van der Waals surface area contributed by atoms with Gasteiger partial charge in [0.25, 0.3) is 0 Å². The number of rotatable bonds is 4. The van der Waals surface area contributed by atoms with Gasteiger partial charge in [0.05, 0.1) is 0 Å². The predicted molar refractivity (Wildman–Crippen MR) is 73.7 cm³/mol. The van der Waals surface area contributed by atoms with Crippen LogP contribution in [-0.4, -0.2) is 11.7 Å². The van der Waals surface area contributed by atoms with E-state index in [0.717, 1.165) is 0 Å². The summed E-state index contributed by atoms with van der Waals surface area (Å²) in [5, 5.41) is 3.33. The molecule has 0 radical (unpaired) electrons. The maximum absolute atomic E-state index is 12.1. The third kappa shape index (κ3) is 3.33. The van der Waals surface area contributed by atoms with E-state index in [1.54, 1.807) is 52.0 Å². The summed E-state index contributed by atoms with van der Waals surface area (Å²) in [4.78, 5) is 24.1. The Bertz CT molecular complexity index is 449. The van der Waals surface area contributed by atoms with E-state index in [1.807, 2.05) is 0 Å². The number of carbonyl (C=O) groups is 2. The standard InChI is InChI=1S/C14H18ClNO2/c1-9(2)12(17)14(3,4)13(18)16-11-7-5-10(15)6-8-11/h5-9H,1-4H3,(H,16,18). The van der Waals surface area contributed by atoms with E-state index in [0.29, 0.717) is 10.7 Å². The number of benzene rings is 1. The zero-order valence-electron chi connectivity index (χ0n) is 11.1. The molecule has 3 nitrogen and oxygen atoms in total. The minimum atomic E-state index is -1.03. The largest absolute Gasteiger partial charge is 0.325 e. The van der Waals surface area contributed by atoms with Crippen molar-refractivity contribution in [2.75, 3.05) is 5.32 Å². The Kier molecular flexibility index (Phi) is 4.52. The van der Waals surface area contributed by atoms with Gasteiger partial charge in [-0.15, -0.1) is 0 Å². The van der Waals surface area contributed by atoms with Crippen molar-refractivity contribution in [3.8, 4) is 0 Å². The summed E-state index contributed by atoms with van der Waals surface area (Å²) in [5.74, 6) is -0.548. The molecule has 0 aliphatic carbocycles. The van der Waals surface area contributed by atoms with Crippen LogP contribution in [0.15, 0.2) is 24.3 Å². The van der Waals surface area contributed by atoms with Crippen molar-refractivity contribution < 1.29 is 9.59 Å². The molecule has 1 aromatic rings. The van der Waals surface area contributed by atoms with Gasteiger partial charge in [0.2, 0.25) is 5.91 Å². The van der Waals surface area contributed by atoms with Gasteiger partial charge in [-0.1, -0.05) is 25.4 Å². The maximum Gasteiger partial charge on any atom is 0.237 e. The lowest BCUT2D eigenvalue weighted by Gasteiger charge is -2.24. The minimum Gasteiger partial charge on any atom is -0.325 e. The number of anilines is 1. The summed E-state index contributed by atoms with van der Waals surface area (Å²) >= 11 is 5.76.